The third-order valence-corrected chi connectivity index (χ3v) is 4.73. The van der Waals surface area contributed by atoms with Gasteiger partial charge in [0.15, 0.2) is 0 Å². The number of benzene rings is 1. The van der Waals surface area contributed by atoms with Crippen molar-refractivity contribution in [3.63, 3.8) is 0 Å². The van der Waals surface area contributed by atoms with Crippen molar-refractivity contribution in [2.45, 2.75) is 64.1 Å². The largest absolute Gasteiger partial charge is 0.444 e. The summed E-state index contributed by atoms with van der Waals surface area (Å²) in [6.45, 7) is 12.7. The van der Waals surface area contributed by atoms with Crippen molar-refractivity contribution in [1.29, 1.82) is 0 Å². The maximum atomic E-state index is 11.9. The predicted molar refractivity (Wildman–Crippen MR) is 102 cm³/mol. The Labute approximate surface area is 155 Å². The average Bonchev–Trinajstić information content (AvgIpc) is 2.53. The fourth-order valence-electron chi connectivity index (χ4n) is 3.10. The summed E-state index contributed by atoms with van der Waals surface area (Å²) >= 11 is 6.14. The quantitative estimate of drug-likeness (QED) is 0.754. The summed E-state index contributed by atoms with van der Waals surface area (Å²) in [6, 6.07) is 6.10. The number of ether oxygens (including phenoxy) is 1. The van der Waals surface area contributed by atoms with Crippen molar-refractivity contribution in [1.82, 2.24) is 5.32 Å². The molecule has 5 nitrogen and oxygen atoms in total. The van der Waals surface area contributed by atoms with Crippen LogP contribution in [-0.4, -0.2) is 30.8 Å². The van der Waals surface area contributed by atoms with E-state index in [1.165, 1.54) is 0 Å². The number of alkyl carbamates (subject to hydrolysis) is 1. The summed E-state index contributed by atoms with van der Waals surface area (Å²) < 4.78 is 5.32. The van der Waals surface area contributed by atoms with Gasteiger partial charge in [0.2, 0.25) is 5.69 Å². The number of carbonyl (C=O) groups is 1. The van der Waals surface area contributed by atoms with Crippen LogP contribution in [-0.2, 0) is 4.74 Å². The van der Waals surface area contributed by atoms with E-state index >= 15 is 0 Å². The molecule has 0 spiro atoms. The minimum Gasteiger partial charge on any atom is -0.444 e. The van der Waals surface area contributed by atoms with Crippen LogP contribution in [0.15, 0.2) is 18.2 Å². The van der Waals surface area contributed by atoms with Gasteiger partial charge in [0.1, 0.15) is 5.60 Å². The van der Waals surface area contributed by atoms with E-state index < -0.39 is 5.60 Å². The molecule has 2 rings (SSSR count). The molecule has 1 fully saturated rings. The van der Waals surface area contributed by atoms with Crippen LogP contribution in [0, 0.1) is 6.57 Å². The van der Waals surface area contributed by atoms with Crippen LogP contribution in [0.5, 0.6) is 0 Å². The van der Waals surface area contributed by atoms with Crippen LogP contribution < -0.4 is 10.2 Å². The van der Waals surface area contributed by atoms with Gasteiger partial charge in [-0.05, 0) is 58.6 Å². The molecule has 0 aliphatic heterocycles. The summed E-state index contributed by atoms with van der Waals surface area (Å²) in [7, 11) is 2.05. The second kappa shape index (κ2) is 7.97. The molecule has 25 heavy (non-hydrogen) atoms. The van der Waals surface area contributed by atoms with E-state index in [0.717, 1.165) is 31.4 Å². The second-order valence-electron chi connectivity index (χ2n) is 7.51. The molecule has 1 aliphatic carbocycles. The summed E-state index contributed by atoms with van der Waals surface area (Å²) in [6.07, 6.45) is 3.47. The van der Waals surface area contributed by atoms with Crippen molar-refractivity contribution in [2.75, 3.05) is 11.9 Å². The van der Waals surface area contributed by atoms with E-state index in [4.69, 9.17) is 22.9 Å². The monoisotopic (exact) mass is 363 g/mol. The summed E-state index contributed by atoms with van der Waals surface area (Å²) in [5, 5.41) is 3.45. The number of rotatable bonds is 3. The van der Waals surface area contributed by atoms with Gasteiger partial charge in [-0.25, -0.2) is 9.64 Å². The molecule has 1 amide bonds. The van der Waals surface area contributed by atoms with Gasteiger partial charge in [-0.3, -0.25) is 0 Å². The predicted octanol–water partition coefficient (Wildman–Crippen LogP) is 5.16. The maximum absolute atomic E-state index is 11.9. The van der Waals surface area contributed by atoms with Gasteiger partial charge in [0.05, 0.1) is 6.57 Å². The number of amides is 1. The van der Waals surface area contributed by atoms with Gasteiger partial charge in [-0.15, -0.1) is 0 Å². The second-order valence-corrected chi connectivity index (χ2v) is 7.92. The lowest BCUT2D eigenvalue weighted by Crippen LogP contribution is -2.44. The lowest BCUT2D eigenvalue weighted by atomic mass is 9.90. The highest BCUT2D eigenvalue weighted by molar-refractivity contribution is 6.33. The maximum Gasteiger partial charge on any atom is 0.407 e. The summed E-state index contributed by atoms with van der Waals surface area (Å²) in [5.41, 5.74) is 1.02. The minimum atomic E-state index is -0.474. The smallest absolute Gasteiger partial charge is 0.407 e. The zero-order chi connectivity index (χ0) is 18.6. The summed E-state index contributed by atoms with van der Waals surface area (Å²) in [5.74, 6) is 0. The minimum absolute atomic E-state index is 0.160. The molecule has 136 valence electrons. The Morgan fingerprint density at radius 1 is 1.32 bits per heavy atom. The number of carbonyl (C=O) groups excluding carboxylic acids is 1. The molecule has 6 heteroatoms. The van der Waals surface area contributed by atoms with Gasteiger partial charge >= 0.3 is 6.09 Å². The third kappa shape index (κ3) is 5.54. The number of hydrogen-bond acceptors (Lipinski definition) is 3. The first kappa shape index (κ1) is 19.4. The lowest BCUT2D eigenvalue weighted by molar-refractivity contribution is 0.0491. The standard InChI is InChI=1S/C19H26ClN3O2/c1-19(2,3)25-18(24)22-13-6-8-14(9-7-13)23(5)15-10-11-17(21-4)16(20)12-15/h10-14H,6-9H2,1-3,5H3,(H,22,24). The van der Waals surface area contributed by atoms with Gasteiger partial charge < -0.3 is 15.0 Å². The molecule has 1 saturated carbocycles. The number of hydrogen-bond donors (Lipinski definition) is 1. The SMILES string of the molecule is [C-]#[N+]c1ccc(N(C)C2CCC(NC(=O)OC(C)(C)C)CC2)cc1Cl. The van der Waals surface area contributed by atoms with Crippen LogP contribution in [0.1, 0.15) is 46.5 Å². The average molecular weight is 364 g/mol. The topological polar surface area (TPSA) is 45.9 Å². The first-order valence-corrected chi connectivity index (χ1v) is 8.97. The fraction of sp³-hybridized carbons (Fsp3) is 0.579. The summed E-state index contributed by atoms with van der Waals surface area (Å²) in [4.78, 5) is 17.5. The zero-order valence-electron chi connectivity index (χ0n) is 15.3. The molecular weight excluding hydrogens is 338 g/mol. The fourth-order valence-corrected chi connectivity index (χ4v) is 3.32. The van der Waals surface area contributed by atoms with E-state index in [-0.39, 0.29) is 12.1 Å². The molecule has 0 saturated heterocycles. The van der Waals surface area contributed by atoms with Gasteiger partial charge in [-0.2, -0.15) is 0 Å². The highest BCUT2D eigenvalue weighted by atomic mass is 35.5. The zero-order valence-corrected chi connectivity index (χ0v) is 16.1. The Kier molecular flexibility index (Phi) is 6.18. The molecule has 1 aliphatic rings. The normalized spacial score (nSPS) is 20.5. The Hall–Kier alpha value is -1.93. The van der Waals surface area contributed by atoms with Crippen LogP contribution >= 0.6 is 11.6 Å². The molecule has 0 heterocycles. The molecule has 0 bridgehead atoms. The lowest BCUT2D eigenvalue weighted by Gasteiger charge is -2.36. The van der Waals surface area contributed by atoms with Crippen molar-refractivity contribution in [3.8, 4) is 0 Å². The molecular formula is C19H26ClN3O2. The Morgan fingerprint density at radius 2 is 1.96 bits per heavy atom. The Bertz CT molecular complexity index is 656. The van der Waals surface area contributed by atoms with Crippen molar-refractivity contribution in [2.24, 2.45) is 0 Å². The first-order valence-electron chi connectivity index (χ1n) is 8.59. The molecule has 0 atom stereocenters. The Balaban J connectivity index is 1.88. The first-order chi connectivity index (χ1) is 11.7. The van der Waals surface area contributed by atoms with E-state index in [0.29, 0.717) is 16.8 Å². The number of anilines is 1. The molecule has 0 radical (unpaired) electrons. The van der Waals surface area contributed by atoms with E-state index in [1.807, 2.05) is 32.9 Å². The van der Waals surface area contributed by atoms with Crippen LogP contribution in [0.3, 0.4) is 0 Å². The molecule has 1 aromatic rings. The van der Waals surface area contributed by atoms with Crippen LogP contribution in [0.4, 0.5) is 16.2 Å². The van der Waals surface area contributed by atoms with E-state index in [1.54, 1.807) is 6.07 Å². The molecule has 0 aromatic heterocycles. The van der Waals surface area contributed by atoms with E-state index in [9.17, 15) is 4.79 Å². The highest BCUT2D eigenvalue weighted by Crippen LogP contribution is 2.32. The van der Waals surface area contributed by atoms with Crippen molar-refractivity contribution < 1.29 is 9.53 Å². The van der Waals surface area contributed by atoms with Crippen LogP contribution in [0.25, 0.3) is 4.85 Å². The van der Waals surface area contributed by atoms with Gasteiger partial charge in [0.25, 0.3) is 0 Å². The number of halogens is 1. The van der Waals surface area contributed by atoms with Crippen molar-refractivity contribution >= 4 is 29.1 Å². The number of nitrogens with one attached hydrogen (secondary N) is 1. The van der Waals surface area contributed by atoms with Gasteiger partial charge in [0, 0.05) is 29.8 Å². The van der Waals surface area contributed by atoms with Gasteiger partial charge in [-0.1, -0.05) is 17.7 Å². The Morgan fingerprint density at radius 3 is 2.48 bits per heavy atom. The third-order valence-electron chi connectivity index (χ3n) is 4.42. The van der Waals surface area contributed by atoms with Crippen molar-refractivity contribution in [3.05, 3.63) is 34.6 Å². The number of nitrogens with zero attached hydrogens (tertiary/aromatic N) is 2. The molecule has 0 unspecified atom stereocenters. The molecule has 1 aromatic carbocycles. The molecule has 1 N–H and O–H groups in total. The van der Waals surface area contributed by atoms with E-state index in [2.05, 4.69) is 22.1 Å². The highest BCUT2D eigenvalue weighted by Gasteiger charge is 2.27. The van der Waals surface area contributed by atoms with Crippen LogP contribution in [0.2, 0.25) is 5.02 Å².